The SMILES string of the molecule is COc1cc(C(=O)N(CCSc2nccs2)Cc2ccc(Oc3cc(C)ccc3C(=O)O)cc2)cc(OC)c1C. The van der Waals surface area contributed by atoms with E-state index >= 15 is 0 Å². The van der Waals surface area contributed by atoms with Crippen LogP contribution in [0.1, 0.15) is 37.4 Å². The number of benzene rings is 3. The van der Waals surface area contributed by atoms with Crippen LogP contribution in [0.4, 0.5) is 0 Å². The Kier molecular flexibility index (Phi) is 9.68. The van der Waals surface area contributed by atoms with E-state index in [1.807, 2.05) is 31.4 Å². The molecule has 40 heavy (non-hydrogen) atoms. The zero-order valence-corrected chi connectivity index (χ0v) is 24.3. The van der Waals surface area contributed by atoms with Crippen LogP contribution in [0.15, 0.2) is 70.5 Å². The van der Waals surface area contributed by atoms with Crippen molar-refractivity contribution in [2.24, 2.45) is 0 Å². The number of thioether (sulfide) groups is 1. The maximum absolute atomic E-state index is 13.7. The van der Waals surface area contributed by atoms with E-state index in [0.29, 0.717) is 41.7 Å². The van der Waals surface area contributed by atoms with Gasteiger partial charge in [-0.05, 0) is 61.4 Å². The topological polar surface area (TPSA) is 98.2 Å². The Balaban J connectivity index is 1.55. The Morgan fingerprint density at radius 2 is 1.68 bits per heavy atom. The molecule has 0 fully saturated rings. The number of hydrogen-bond donors (Lipinski definition) is 1. The van der Waals surface area contributed by atoms with Crippen LogP contribution >= 0.6 is 23.1 Å². The van der Waals surface area contributed by atoms with Gasteiger partial charge in [0.15, 0.2) is 0 Å². The summed E-state index contributed by atoms with van der Waals surface area (Å²) in [7, 11) is 3.14. The zero-order valence-electron chi connectivity index (χ0n) is 22.7. The van der Waals surface area contributed by atoms with Crippen LogP contribution in [0.2, 0.25) is 0 Å². The molecule has 0 atom stereocenters. The first-order valence-corrected chi connectivity index (χ1v) is 14.3. The van der Waals surface area contributed by atoms with Gasteiger partial charge >= 0.3 is 5.97 Å². The predicted molar refractivity (Wildman–Crippen MR) is 157 cm³/mol. The van der Waals surface area contributed by atoms with Crippen LogP contribution < -0.4 is 14.2 Å². The molecule has 1 amide bonds. The molecule has 1 N–H and O–H groups in total. The molecule has 8 nitrogen and oxygen atoms in total. The number of nitrogens with zero attached hydrogens (tertiary/aromatic N) is 2. The Morgan fingerprint density at radius 1 is 0.975 bits per heavy atom. The number of rotatable bonds is 12. The third-order valence-corrected chi connectivity index (χ3v) is 8.12. The third kappa shape index (κ3) is 7.13. The summed E-state index contributed by atoms with van der Waals surface area (Å²) in [4.78, 5) is 31.4. The molecule has 0 saturated heterocycles. The molecule has 0 saturated carbocycles. The van der Waals surface area contributed by atoms with Gasteiger partial charge in [-0.3, -0.25) is 4.79 Å². The maximum Gasteiger partial charge on any atom is 0.339 e. The highest BCUT2D eigenvalue weighted by Crippen LogP contribution is 2.31. The van der Waals surface area contributed by atoms with Crippen molar-refractivity contribution < 1.29 is 28.9 Å². The van der Waals surface area contributed by atoms with Gasteiger partial charge < -0.3 is 24.2 Å². The number of aromatic nitrogens is 1. The highest BCUT2D eigenvalue weighted by molar-refractivity contribution is 8.01. The fraction of sp³-hybridized carbons (Fsp3) is 0.233. The van der Waals surface area contributed by atoms with Crippen molar-refractivity contribution in [1.82, 2.24) is 9.88 Å². The minimum Gasteiger partial charge on any atom is -0.496 e. The molecule has 0 radical (unpaired) electrons. The molecule has 0 aliphatic rings. The predicted octanol–water partition coefficient (Wildman–Crippen LogP) is 6.70. The lowest BCUT2D eigenvalue weighted by Gasteiger charge is -2.24. The van der Waals surface area contributed by atoms with E-state index in [-0.39, 0.29) is 17.2 Å². The van der Waals surface area contributed by atoms with Gasteiger partial charge in [-0.25, -0.2) is 9.78 Å². The summed E-state index contributed by atoms with van der Waals surface area (Å²) in [5.41, 5.74) is 3.18. The van der Waals surface area contributed by atoms with Crippen LogP contribution in [0.3, 0.4) is 0 Å². The molecule has 4 aromatic rings. The third-order valence-electron chi connectivity index (χ3n) is 6.17. The molecular weight excluding hydrogens is 548 g/mol. The zero-order chi connectivity index (χ0) is 28.6. The van der Waals surface area contributed by atoms with Gasteiger partial charge in [0.05, 0.1) is 14.2 Å². The smallest absolute Gasteiger partial charge is 0.339 e. The number of carboxylic acids is 1. The van der Waals surface area contributed by atoms with Gasteiger partial charge in [0.1, 0.15) is 32.9 Å². The Hall–Kier alpha value is -4.02. The summed E-state index contributed by atoms with van der Waals surface area (Å²) in [5, 5.41) is 11.4. The van der Waals surface area contributed by atoms with Gasteiger partial charge in [-0.2, -0.15) is 0 Å². The van der Waals surface area contributed by atoms with Crippen molar-refractivity contribution in [1.29, 1.82) is 0 Å². The minimum absolute atomic E-state index is 0.0909. The lowest BCUT2D eigenvalue weighted by atomic mass is 10.1. The summed E-state index contributed by atoms with van der Waals surface area (Å²) in [6.45, 7) is 4.61. The molecular formula is C30H30N2O6S2. The molecule has 0 spiro atoms. The Labute approximate surface area is 241 Å². The number of amides is 1. The second-order valence-corrected chi connectivity index (χ2v) is 11.2. The summed E-state index contributed by atoms with van der Waals surface area (Å²) in [5.74, 6) is 1.41. The molecule has 1 aromatic heterocycles. The van der Waals surface area contributed by atoms with E-state index in [2.05, 4.69) is 4.98 Å². The van der Waals surface area contributed by atoms with Gasteiger partial charge in [0, 0.05) is 41.5 Å². The van der Waals surface area contributed by atoms with E-state index in [1.54, 1.807) is 84.8 Å². The molecule has 3 aromatic carbocycles. The summed E-state index contributed by atoms with van der Waals surface area (Å²) in [6.07, 6.45) is 1.76. The van der Waals surface area contributed by atoms with E-state index < -0.39 is 5.97 Å². The van der Waals surface area contributed by atoms with Gasteiger partial charge in [-0.15, -0.1) is 11.3 Å². The lowest BCUT2D eigenvalue weighted by molar-refractivity contribution is 0.0693. The number of aromatic carboxylic acids is 1. The number of carboxylic acid groups (broad SMARTS) is 1. The fourth-order valence-corrected chi connectivity index (χ4v) is 5.74. The molecule has 0 aliphatic carbocycles. The largest absolute Gasteiger partial charge is 0.496 e. The number of hydrogen-bond acceptors (Lipinski definition) is 8. The molecule has 208 valence electrons. The molecule has 0 bridgehead atoms. The highest BCUT2D eigenvalue weighted by atomic mass is 32.2. The maximum atomic E-state index is 13.7. The van der Waals surface area contributed by atoms with Crippen molar-refractivity contribution in [3.8, 4) is 23.0 Å². The Morgan fingerprint density at radius 3 is 2.27 bits per heavy atom. The second-order valence-electron chi connectivity index (χ2n) is 8.93. The number of methoxy groups -OCH3 is 2. The van der Waals surface area contributed by atoms with Crippen LogP contribution in [0, 0.1) is 13.8 Å². The second kappa shape index (κ2) is 13.4. The quantitative estimate of drug-likeness (QED) is 0.185. The van der Waals surface area contributed by atoms with Crippen LogP contribution in [-0.4, -0.2) is 53.4 Å². The van der Waals surface area contributed by atoms with Crippen LogP contribution in [0.25, 0.3) is 0 Å². The number of carbonyl (C=O) groups excluding carboxylic acids is 1. The van der Waals surface area contributed by atoms with Crippen molar-refractivity contribution in [2.45, 2.75) is 24.7 Å². The van der Waals surface area contributed by atoms with Crippen LogP contribution in [-0.2, 0) is 6.54 Å². The summed E-state index contributed by atoms with van der Waals surface area (Å²) < 4.78 is 17.8. The average Bonchev–Trinajstić information content (AvgIpc) is 3.47. The Bertz CT molecular complexity index is 1450. The number of carbonyl (C=O) groups is 2. The van der Waals surface area contributed by atoms with E-state index in [1.165, 1.54) is 6.07 Å². The first-order valence-electron chi connectivity index (χ1n) is 12.4. The van der Waals surface area contributed by atoms with Crippen molar-refractivity contribution in [3.05, 3.63) is 94.0 Å². The first-order chi connectivity index (χ1) is 19.3. The monoisotopic (exact) mass is 578 g/mol. The average molecular weight is 579 g/mol. The highest BCUT2D eigenvalue weighted by Gasteiger charge is 2.20. The van der Waals surface area contributed by atoms with E-state index in [9.17, 15) is 14.7 Å². The molecule has 10 heteroatoms. The fourth-order valence-electron chi connectivity index (χ4n) is 4.07. The standard InChI is InChI=1S/C30H30N2O6S2/c1-19-5-10-24(29(34)35)27(15-19)38-23-8-6-21(7-9-23)18-32(12-14-40-30-31-11-13-39-30)28(33)22-16-25(36-3)20(2)26(17-22)37-4/h5-11,13,15-17H,12,14,18H2,1-4H3,(H,34,35). The summed E-state index contributed by atoms with van der Waals surface area (Å²) >= 11 is 3.17. The van der Waals surface area contributed by atoms with Crippen molar-refractivity contribution in [3.63, 3.8) is 0 Å². The number of thiazole rings is 1. The first kappa shape index (κ1) is 29.0. The number of ether oxygens (including phenoxy) is 3. The number of aryl methyl sites for hydroxylation is 1. The van der Waals surface area contributed by atoms with Gasteiger partial charge in [0.25, 0.3) is 5.91 Å². The van der Waals surface area contributed by atoms with E-state index in [4.69, 9.17) is 14.2 Å². The van der Waals surface area contributed by atoms with Crippen molar-refractivity contribution in [2.75, 3.05) is 26.5 Å². The molecule has 4 rings (SSSR count). The van der Waals surface area contributed by atoms with Gasteiger partial charge in [0.2, 0.25) is 0 Å². The molecule has 0 unspecified atom stereocenters. The minimum atomic E-state index is -1.05. The van der Waals surface area contributed by atoms with Crippen LogP contribution in [0.5, 0.6) is 23.0 Å². The molecule has 0 aliphatic heterocycles. The van der Waals surface area contributed by atoms with E-state index in [0.717, 1.165) is 21.0 Å². The molecule has 1 heterocycles. The lowest BCUT2D eigenvalue weighted by Crippen LogP contribution is -2.32. The normalized spacial score (nSPS) is 10.7. The summed E-state index contributed by atoms with van der Waals surface area (Å²) in [6, 6.07) is 15.7. The van der Waals surface area contributed by atoms with Crippen molar-refractivity contribution >= 4 is 35.0 Å². The van der Waals surface area contributed by atoms with Gasteiger partial charge in [-0.1, -0.05) is 30.0 Å².